The van der Waals surface area contributed by atoms with Crippen LogP contribution >= 0.6 is 12.4 Å². The van der Waals surface area contributed by atoms with Crippen molar-refractivity contribution in [2.45, 2.75) is 4.90 Å². The third-order valence-electron chi connectivity index (χ3n) is 4.22. The highest BCUT2D eigenvalue weighted by Crippen LogP contribution is 2.38. The Morgan fingerprint density at radius 3 is 2.70 bits per heavy atom. The topological polar surface area (TPSA) is 104 Å². The van der Waals surface area contributed by atoms with E-state index in [9.17, 15) is 13.2 Å². The maximum absolute atomic E-state index is 13.0. The fraction of sp³-hybridized carbons (Fsp3) is 0.533. The maximum atomic E-state index is 13.0. The highest BCUT2D eigenvalue weighted by atomic mass is 35.5. The molecule has 2 aliphatic heterocycles. The zero-order chi connectivity index (χ0) is 18.6. The number of carbonyl (C=O) groups excluding carboxylic acids is 1. The minimum absolute atomic E-state index is 0. The van der Waals surface area contributed by atoms with Gasteiger partial charge in [-0.3, -0.25) is 4.79 Å². The Labute approximate surface area is 168 Å². The number of halogens is 1. The molecule has 1 saturated heterocycles. The molecule has 0 aliphatic carbocycles. The van der Waals surface area contributed by atoms with Gasteiger partial charge in [0.15, 0.2) is 0 Å². The maximum Gasteiger partial charge on any atom is 0.245 e. The molecule has 0 atom stereocenters. The molecule has 2 heterocycles. The smallest absolute Gasteiger partial charge is 0.245 e. The Morgan fingerprint density at radius 2 is 2.00 bits per heavy atom. The Kier molecular flexibility index (Phi) is 7.89. The summed E-state index contributed by atoms with van der Waals surface area (Å²) in [5.41, 5.74) is 0.977. The van der Waals surface area contributed by atoms with Crippen LogP contribution in [0.15, 0.2) is 31.8 Å². The number of nitrogens with one attached hydrogen (secondary N) is 1. The Bertz CT molecular complexity index is 850. The van der Waals surface area contributed by atoms with E-state index in [1.807, 2.05) is 0 Å². The van der Waals surface area contributed by atoms with E-state index in [-0.39, 0.29) is 42.8 Å². The Morgan fingerprint density at radius 1 is 1.26 bits per heavy atom. The molecule has 27 heavy (non-hydrogen) atoms. The molecule has 1 N–H and O–H groups in total. The molecule has 1 fully saturated rings. The SMILES string of the molecule is COCCNCC(=O)N1CCN(S(=O)(=O)c2cccc3c2N=S=N3)CC1.Cl. The van der Waals surface area contributed by atoms with Gasteiger partial charge in [-0.2, -0.15) is 13.0 Å². The highest BCUT2D eigenvalue weighted by molar-refractivity contribution is 7.89. The van der Waals surface area contributed by atoms with Crippen molar-refractivity contribution in [3.05, 3.63) is 18.2 Å². The van der Waals surface area contributed by atoms with Crippen molar-refractivity contribution < 1.29 is 17.9 Å². The number of piperazine rings is 1. The lowest BCUT2D eigenvalue weighted by Gasteiger charge is -2.34. The Hall–Kier alpha value is -1.37. The average Bonchev–Trinajstić information content (AvgIpc) is 3.14. The summed E-state index contributed by atoms with van der Waals surface area (Å²) in [5, 5.41) is 3.01. The number of ether oxygens (including phenoxy) is 1. The third-order valence-corrected chi connectivity index (χ3v) is 6.69. The van der Waals surface area contributed by atoms with Gasteiger partial charge >= 0.3 is 0 Å². The van der Waals surface area contributed by atoms with Crippen molar-refractivity contribution >= 4 is 51.1 Å². The third kappa shape index (κ3) is 4.92. The van der Waals surface area contributed by atoms with E-state index in [1.165, 1.54) is 4.31 Å². The largest absolute Gasteiger partial charge is 0.383 e. The fourth-order valence-electron chi connectivity index (χ4n) is 2.79. The first-order chi connectivity index (χ1) is 12.5. The number of hydrogen-bond donors (Lipinski definition) is 1. The first-order valence-corrected chi connectivity index (χ1v) is 10.4. The van der Waals surface area contributed by atoms with E-state index < -0.39 is 10.0 Å². The summed E-state index contributed by atoms with van der Waals surface area (Å²) < 4.78 is 40.4. The number of fused-ring (bicyclic) bond motifs is 1. The number of hydrogen-bond acceptors (Lipinski definition) is 7. The van der Waals surface area contributed by atoms with E-state index in [0.29, 0.717) is 37.6 Å². The van der Waals surface area contributed by atoms with Gasteiger partial charge in [-0.05, 0) is 12.1 Å². The molecule has 150 valence electrons. The second kappa shape index (κ2) is 9.71. The molecule has 0 unspecified atom stereocenters. The normalized spacial score (nSPS) is 16.6. The molecule has 1 amide bonds. The second-order valence-corrected chi connectivity index (χ2v) is 8.28. The van der Waals surface area contributed by atoms with Gasteiger partial charge in [-0.15, -0.1) is 12.4 Å². The zero-order valence-corrected chi connectivity index (χ0v) is 17.3. The minimum atomic E-state index is -3.66. The summed E-state index contributed by atoms with van der Waals surface area (Å²) in [4.78, 5) is 14.0. The molecule has 1 aromatic carbocycles. The van der Waals surface area contributed by atoms with Crippen molar-refractivity contribution in [2.75, 3.05) is 53.0 Å². The van der Waals surface area contributed by atoms with Crippen LogP contribution in [0.4, 0.5) is 11.4 Å². The van der Waals surface area contributed by atoms with Crippen LogP contribution in [0.5, 0.6) is 0 Å². The Balaban J connectivity index is 0.00000261. The fourth-order valence-corrected chi connectivity index (χ4v) is 4.96. The molecule has 0 aromatic heterocycles. The van der Waals surface area contributed by atoms with Crippen LogP contribution in [0, 0.1) is 0 Å². The summed E-state index contributed by atoms with van der Waals surface area (Å²) in [6.45, 7) is 2.63. The van der Waals surface area contributed by atoms with Gasteiger partial charge in [-0.1, -0.05) is 6.07 Å². The number of methoxy groups -OCH3 is 1. The van der Waals surface area contributed by atoms with Gasteiger partial charge in [0.05, 0.1) is 24.5 Å². The van der Waals surface area contributed by atoms with Crippen molar-refractivity contribution in [3.8, 4) is 0 Å². The molecule has 0 bridgehead atoms. The lowest BCUT2D eigenvalue weighted by molar-refractivity contribution is -0.131. The van der Waals surface area contributed by atoms with Crippen molar-refractivity contribution in [1.82, 2.24) is 14.5 Å². The molecule has 0 radical (unpaired) electrons. The van der Waals surface area contributed by atoms with Gasteiger partial charge in [0.1, 0.15) is 16.3 Å². The molecule has 12 heteroatoms. The monoisotopic (exact) mass is 435 g/mol. The van der Waals surface area contributed by atoms with Crippen LogP contribution in [0.2, 0.25) is 0 Å². The van der Waals surface area contributed by atoms with Crippen LogP contribution in [0.3, 0.4) is 0 Å². The quantitative estimate of drug-likeness (QED) is 0.651. The van der Waals surface area contributed by atoms with E-state index in [0.717, 1.165) is 11.4 Å². The number of benzene rings is 1. The molecule has 1 aromatic rings. The van der Waals surface area contributed by atoms with Crippen LogP contribution in [0.1, 0.15) is 0 Å². The lowest BCUT2D eigenvalue weighted by Crippen LogP contribution is -2.52. The minimum Gasteiger partial charge on any atom is -0.383 e. The lowest BCUT2D eigenvalue weighted by atomic mass is 10.3. The average molecular weight is 436 g/mol. The number of nitrogens with zero attached hydrogens (tertiary/aromatic N) is 4. The molecule has 0 saturated carbocycles. The van der Waals surface area contributed by atoms with Crippen LogP contribution in [-0.2, 0) is 30.9 Å². The van der Waals surface area contributed by atoms with Crippen LogP contribution in [-0.4, -0.2) is 76.5 Å². The number of rotatable bonds is 7. The first kappa shape index (κ1) is 21.9. The molecule has 2 aliphatic rings. The molecule has 3 rings (SSSR count). The van der Waals surface area contributed by atoms with Crippen LogP contribution in [0.25, 0.3) is 0 Å². The van der Waals surface area contributed by atoms with E-state index in [2.05, 4.69) is 14.0 Å². The number of amides is 1. The second-order valence-electron chi connectivity index (χ2n) is 5.84. The summed E-state index contributed by atoms with van der Waals surface area (Å²) in [6.07, 6.45) is 0. The first-order valence-electron chi connectivity index (χ1n) is 8.23. The zero-order valence-electron chi connectivity index (χ0n) is 14.8. The summed E-state index contributed by atoms with van der Waals surface area (Å²) >= 11 is 0.993. The standard InChI is InChI=1S/C15H21N5O4S2.ClH/c1-24-10-5-16-11-14(21)19-6-8-20(9-7-19)26(22,23)13-4-2-3-12-15(13)18-25-17-12;/h2-4,16H,5-11H2,1H3;1H. The summed E-state index contributed by atoms with van der Waals surface area (Å²) in [5.74, 6) is -0.0380. The molecular weight excluding hydrogens is 414 g/mol. The predicted octanol–water partition coefficient (Wildman–Crippen LogP) is 0.904. The van der Waals surface area contributed by atoms with E-state index >= 15 is 0 Å². The summed E-state index contributed by atoms with van der Waals surface area (Å²) in [6, 6.07) is 4.96. The van der Waals surface area contributed by atoms with Crippen molar-refractivity contribution in [1.29, 1.82) is 0 Å². The number of sulfonamides is 1. The predicted molar refractivity (Wildman–Crippen MR) is 105 cm³/mol. The van der Waals surface area contributed by atoms with Crippen molar-refractivity contribution in [2.24, 2.45) is 8.73 Å². The van der Waals surface area contributed by atoms with E-state index in [1.54, 1.807) is 30.2 Å². The van der Waals surface area contributed by atoms with Gasteiger partial charge in [0, 0.05) is 39.8 Å². The van der Waals surface area contributed by atoms with Gasteiger partial charge < -0.3 is 15.0 Å². The van der Waals surface area contributed by atoms with Gasteiger partial charge in [0.2, 0.25) is 15.9 Å². The van der Waals surface area contributed by atoms with Gasteiger partial charge in [-0.25, -0.2) is 8.42 Å². The molecular formula is C15H22ClN5O4S2. The van der Waals surface area contributed by atoms with Crippen LogP contribution < -0.4 is 5.32 Å². The van der Waals surface area contributed by atoms with Gasteiger partial charge in [0.25, 0.3) is 0 Å². The highest BCUT2D eigenvalue weighted by Gasteiger charge is 2.32. The summed E-state index contributed by atoms with van der Waals surface area (Å²) in [7, 11) is -2.06. The van der Waals surface area contributed by atoms with E-state index in [4.69, 9.17) is 4.74 Å². The van der Waals surface area contributed by atoms with Crippen molar-refractivity contribution in [3.63, 3.8) is 0 Å². The molecule has 9 nitrogen and oxygen atoms in total. The molecule has 0 spiro atoms. The number of carbonyl (C=O) groups is 1.